The molecule has 0 N–H and O–H groups in total. The molecule has 28 heavy (non-hydrogen) atoms. The Labute approximate surface area is 179 Å². The lowest BCUT2D eigenvalue weighted by atomic mass is 10.0. The first-order chi connectivity index (χ1) is 13.8. The maximum atomic E-state index is 6.32. The van der Waals surface area contributed by atoms with Gasteiger partial charge in [0, 0.05) is 6.61 Å². The summed E-state index contributed by atoms with van der Waals surface area (Å²) in [5.41, 5.74) is 0. The molecule has 0 heterocycles. The molecule has 0 rings (SSSR count). The summed E-state index contributed by atoms with van der Waals surface area (Å²) >= 11 is 0. The molecule has 0 aliphatic heterocycles. The smallest absolute Gasteiger partial charge is 0.0575 e. The minimum absolute atomic E-state index is 0.543. The Hall–Kier alpha value is -0.0400. The van der Waals surface area contributed by atoms with E-state index in [2.05, 4.69) is 20.8 Å². The van der Waals surface area contributed by atoms with E-state index in [4.69, 9.17) is 4.74 Å². The van der Waals surface area contributed by atoms with Gasteiger partial charge in [-0.25, -0.2) is 0 Å². The van der Waals surface area contributed by atoms with Gasteiger partial charge in [0.2, 0.25) is 0 Å². The van der Waals surface area contributed by atoms with Gasteiger partial charge < -0.3 is 4.74 Å². The molecule has 0 fully saturated rings. The maximum absolute atomic E-state index is 6.32. The number of hydrogen-bond acceptors (Lipinski definition) is 1. The van der Waals surface area contributed by atoms with Crippen LogP contribution in [0, 0.1) is 0 Å². The molecule has 1 nitrogen and oxygen atoms in total. The van der Waals surface area contributed by atoms with Gasteiger partial charge in [-0.05, 0) is 19.3 Å². The van der Waals surface area contributed by atoms with Crippen LogP contribution in [0.3, 0.4) is 0 Å². The highest BCUT2D eigenvalue weighted by Gasteiger charge is 2.09. The molecule has 1 unspecified atom stereocenters. The fourth-order valence-electron chi connectivity index (χ4n) is 4.10. The van der Waals surface area contributed by atoms with Gasteiger partial charge in [-0.15, -0.1) is 0 Å². The molecule has 1 heteroatoms. The summed E-state index contributed by atoms with van der Waals surface area (Å²) in [6, 6.07) is 0. The molecule has 0 aliphatic rings. The van der Waals surface area contributed by atoms with Crippen molar-refractivity contribution in [2.75, 3.05) is 6.61 Å². The minimum atomic E-state index is 0.543. The second-order valence-corrected chi connectivity index (χ2v) is 9.08. The fourth-order valence-corrected chi connectivity index (χ4v) is 4.10. The van der Waals surface area contributed by atoms with Crippen molar-refractivity contribution < 1.29 is 4.74 Å². The predicted molar refractivity (Wildman–Crippen MR) is 128 cm³/mol. The monoisotopic (exact) mass is 396 g/mol. The van der Waals surface area contributed by atoms with E-state index in [9.17, 15) is 0 Å². The maximum Gasteiger partial charge on any atom is 0.0575 e. The summed E-state index contributed by atoms with van der Waals surface area (Å²) in [6.45, 7) is 7.89. The molecular weight excluding hydrogens is 340 g/mol. The predicted octanol–water partition coefficient (Wildman–Crippen LogP) is 10.0. The molecule has 0 saturated heterocycles. The zero-order valence-electron chi connectivity index (χ0n) is 20.2. The third kappa shape index (κ3) is 22.3. The molecule has 0 radical (unpaired) electrons. The molecule has 0 amide bonds. The molecule has 0 bridgehead atoms. The summed E-state index contributed by atoms with van der Waals surface area (Å²) < 4.78 is 6.32. The van der Waals surface area contributed by atoms with Crippen molar-refractivity contribution in [1.82, 2.24) is 0 Å². The molecule has 0 aromatic rings. The molecule has 0 aromatic carbocycles. The standard InChI is InChI=1S/C27H56O/c1-4-7-10-13-15-16-17-19-22-25-27(24-21-18-14-11-8-5-2)28-26-23-20-12-9-6-3/h27H,4-26H2,1-3H3. The molecule has 170 valence electrons. The topological polar surface area (TPSA) is 9.23 Å². The Balaban J connectivity index is 3.76. The highest BCUT2D eigenvalue weighted by molar-refractivity contribution is 4.61. The lowest BCUT2D eigenvalue weighted by Gasteiger charge is -2.18. The first kappa shape index (κ1) is 28.0. The molecule has 0 aliphatic carbocycles. The van der Waals surface area contributed by atoms with E-state index in [1.54, 1.807) is 0 Å². The van der Waals surface area contributed by atoms with Gasteiger partial charge in [0.25, 0.3) is 0 Å². The van der Waals surface area contributed by atoms with Crippen LogP contribution >= 0.6 is 0 Å². The van der Waals surface area contributed by atoms with E-state index >= 15 is 0 Å². The van der Waals surface area contributed by atoms with Crippen LogP contribution < -0.4 is 0 Å². The van der Waals surface area contributed by atoms with Gasteiger partial charge in [0.1, 0.15) is 0 Å². The molecule has 0 aromatic heterocycles. The van der Waals surface area contributed by atoms with Crippen molar-refractivity contribution in [1.29, 1.82) is 0 Å². The van der Waals surface area contributed by atoms with Crippen molar-refractivity contribution in [2.45, 2.75) is 168 Å². The summed E-state index contributed by atoms with van der Waals surface area (Å²) in [4.78, 5) is 0. The third-order valence-corrected chi connectivity index (χ3v) is 6.11. The minimum Gasteiger partial charge on any atom is -0.378 e. The average Bonchev–Trinajstić information content (AvgIpc) is 2.71. The number of ether oxygens (including phenoxy) is 1. The molecule has 0 saturated carbocycles. The van der Waals surface area contributed by atoms with Gasteiger partial charge >= 0.3 is 0 Å². The molecular formula is C27H56O. The van der Waals surface area contributed by atoms with Gasteiger partial charge in [-0.3, -0.25) is 0 Å². The zero-order chi connectivity index (χ0) is 20.5. The Kier molecular flexibility index (Phi) is 25.0. The van der Waals surface area contributed by atoms with Crippen LogP contribution in [0.5, 0.6) is 0 Å². The fraction of sp³-hybridized carbons (Fsp3) is 1.00. The average molecular weight is 397 g/mol. The Morgan fingerprint density at radius 1 is 0.393 bits per heavy atom. The highest BCUT2D eigenvalue weighted by Crippen LogP contribution is 2.18. The van der Waals surface area contributed by atoms with Crippen LogP contribution in [0.4, 0.5) is 0 Å². The number of unbranched alkanes of at least 4 members (excludes halogenated alkanes) is 17. The van der Waals surface area contributed by atoms with Crippen LogP contribution in [-0.4, -0.2) is 12.7 Å². The van der Waals surface area contributed by atoms with Crippen molar-refractivity contribution in [2.24, 2.45) is 0 Å². The van der Waals surface area contributed by atoms with E-state index in [1.165, 1.54) is 141 Å². The summed E-state index contributed by atoms with van der Waals surface area (Å²) in [5, 5.41) is 0. The summed E-state index contributed by atoms with van der Waals surface area (Å²) in [6.07, 6.45) is 31.1. The van der Waals surface area contributed by atoms with Crippen LogP contribution in [0.2, 0.25) is 0 Å². The van der Waals surface area contributed by atoms with E-state index in [0.717, 1.165) is 6.61 Å². The van der Waals surface area contributed by atoms with Crippen LogP contribution in [-0.2, 0) is 4.74 Å². The van der Waals surface area contributed by atoms with E-state index < -0.39 is 0 Å². The van der Waals surface area contributed by atoms with Crippen LogP contribution in [0.25, 0.3) is 0 Å². The first-order valence-corrected chi connectivity index (χ1v) is 13.5. The third-order valence-electron chi connectivity index (χ3n) is 6.11. The lowest BCUT2D eigenvalue weighted by molar-refractivity contribution is 0.0357. The Morgan fingerprint density at radius 3 is 1.11 bits per heavy atom. The van der Waals surface area contributed by atoms with Gasteiger partial charge in [0.05, 0.1) is 6.10 Å². The van der Waals surface area contributed by atoms with Crippen molar-refractivity contribution in [3.05, 3.63) is 0 Å². The SMILES string of the molecule is CCCCCCCCCCCC(CCCCCCCC)OCCCCCCC. The zero-order valence-corrected chi connectivity index (χ0v) is 20.2. The highest BCUT2D eigenvalue weighted by atomic mass is 16.5. The normalized spacial score (nSPS) is 12.5. The van der Waals surface area contributed by atoms with Gasteiger partial charge in [0.15, 0.2) is 0 Å². The van der Waals surface area contributed by atoms with Crippen molar-refractivity contribution >= 4 is 0 Å². The van der Waals surface area contributed by atoms with Gasteiger partial charge in [-0.1, -0.05) is 143 Å². The van der Waals surface area contributed by atoms with E-state index in [0.29, 0.717) is 6.10 Å². The van der Waals surface area contributed by atoms with E-state index in [-0.39, 0.29) is 0 Å². The number of hydrogen-bond donors (Lipinski definition) is 0. The van der Waals surface area contributed by atoms with Gasteiger partial charge in [-0.2, -0.15) is 0 Å². The van der Waals surface area contributed by atoms with Crippen LogP contribution in [0.15, 0.2) is 0 Å². The summed E-state index contributed by atoms with van der Waals surface area (Å²) in [5.74, 6) is 0. The van der Waals surface area contributed by atoms with Crippen LogP contribution in [0.1, 0.15) is 162 Å². The second kappa shape index (κ2) is 25.0. The van der Waals surface area contributed by atoms with Crippen molar-refractivity contribution in [3.63, 3.8) is 0 Å². The second-order valence-electron chi connectivity index (χ2n) is 9.08. The lowest BCUT2D eigenvalue weighted by Crippen LogP contribution is -2.14. The summed E-state index contributed by atoms with van der Waals surface area (Å²) in [7, 11) is 0. The largest absolute Gasteiger partial charge is 0.378 e. The van der Waals surface area contributed by atoms with E-state index in [1.807, 2.05) is 0 Å². The molecule has 1 atom stereocenters. The quantitative estimate of drug-likeness (QED) is 0.147. The molecule has 0 spiro atoms. The van der Waals surface area contributed by atoms with Crippen molar-refractivity contribution in [3.8, 4) is 0 Å². The Bertz CT molecular complexity index is 247. The number of rotatable bonds is 24. The first-order valence-electron chi connectivity index (χ1n) is 13.5. The Morgan fingerprint density at radius 2 is 0.714 bits per heavy atom.